The van der Waals surface area contributed by atoms with E-state index >= 15 is 0 Å². The van der Waals surface area contributed by atoms with E-state index < -0.39 is 0 Å². The van der Waals surface area contributed by atoms with Gasteiger partial charge in [-0.15, -0.1) is 0 Å². The van der Waals surface area contributed by atoms with E-state index in [-0.39, 0.29) is 5.54 Å². The van der Waals surface area contributed by atoms with E-state index in [1.807, 2.05) is 0 Å². The fourth-order valence-electron chi connectivity index (χ4n) is 1.76. The van der Waals surface area contributed by atoms with Gasteiger partial charge >= 0.3 is 0 Å². The van der Waals surface area contributed by atoms with Crippen molar-refractivity contribution in [2.45, 2.75) is 58.8 Å². The Kier molecular flexibility index (Phi) is 7.05. The Bertz CT molecular complexity index is 356. The fraction of sp³-hybridized carbons (Fsp3) is 0.625. The van der Waals surface area contributed by atoms with Gasteiger partial charge in [0.15, 0.2) is 0 Å². The summed E-state index contributed by atoms with van der Waals surface area (Å²) in [6, 6.07) is 8.29. The number of ether oxygens (including phenoxy) is 1. The van der Waals surface area contributed by atoms with Gasteiger partial charge in [0, 0.05) is 10.0 Å². The van der Waals surface area contributed by atoms with Gasteiger partial charge in [-0.05, 0) is 64.8 Å². The molecule has 19 heavy (non-hydrogen) atoms. The zero-order valence-corrected chi connectivity index (χ0v) is 14.1. The third-order valence-corrected chi connectivity index (χ3v) is 3.42. The molecule has 2 nitrogen and oxygen atoms in total. The highest BCUT2D eigenvalue weighted by atomic mass is 79.9. The Morgan fingerprint density at radius 3 is 2.42 bits per heavy atom. The van der Waals surface area contributed by atoms with Crippen molar-refractivity contribution in [1.82, 2.24) is 5.32 Å². The molecule has 0 aromatic heterocycles. The lowest BCUT2D eigenvalue weighted by Crippen LogP contribution is -2.36. The summed E-state index contributed by atoms with van der Waals surface area (Å²) in [5.41, 5.74) is 1.43. The molecule has 0 fully saturated rings. The summed E-state index contributed by atoms with van der Waals surface area (Å²) in [5, 5.41) is 3.50. The van der Waals surface area contributed by atoms with Crippen molar-refractivity contribution in [3.8, 4) is 0 Å². The zero-order valence-electron chi connectivity index (χ0n) is 12.5. The summed E-state index contributed by atoms with van der Waals surface area (Å²) in [6.45, 7) is 10.5. The van der Waals surface area contributed by atoms with Crippen LogP contribution in [0, 0.1) is 0 Å². The molecule has 0 amide bonds. The van der Waals surface area contributed by atoms with Gasteiger partial charge in [0.25, 0.3) is 0 Å². The number of rotatable bonds is 7. The molecule has 0 aliphatic heterocycles. The zero-order chi connectivity index (χ0) is 14.3. The Morgan fingerprint density at radius 1 is 1.21 bits per heavy atom. The first-order valence-corrected chi connectivity index (χ1v) is 7.77. The first kappa shape index (κ1) is 16.7. The van der Waals surface area contributed by atoms with Crippen molar-refractivity contribution in [2.75, 3.05) is 6.54 Å². The maximum Gasteiger partial charge on any atom is 0.0720 e. The van der Waals surface area contributed by atoms with Crippen molar-refractivity contribution < 1.29 is 4.74 Å². The van der Waals surface area contributed by atoms with Crippen LogP contribution in [0.4, 0.5) is 0 Å². The number of hydrogen-bond donors (Lipinski definition) is 1. The lowest BCUT2D eigenvalue weighted by Gasteiger charge is -2.21. The molecule has 0 spiro atoms. The monoisotopic (exact) mass is 327 g/mol. The van der Waals surface area contributed by atoms with Crippen LogP contribution in [0.25, 0.3) is 0 Å². The molecule has 1 N–H and O–H groups in total. The first-order valence-electron chi connectivity index (χ1n) is 6.98. The lowest BCUT2D eigenvalue weighted by atomic mass is 10.1. The highest BCUT2D eigenvalue weighted by molar-refractivity contribution is 9.10. The van der Waals surface area contributed by atoms with Crippen molar-refractivity contribution >= 4 is 15.9 Å². The van der Waals surface area contributed by atoms with E-state index in [4.69, 9.17) is 4.74 Å². The van der Waals surface area contributed by atoms with Crippen LogP contribution in [0.5, 0.6) is 0 Å². The highest BCUT2D eigenvalue weighted by Gasteiger charge is 2.08. The molecule has 1 aromatic rings. The van der Waals surface area contributed by atoms with Crippen molar-refractivity contribution in [3.63, 3.8) is 0 Å². The maximum atomic E-state index is 5.86. The molecular formula is C16H26BrNO. The van der Waals surface area contributed by atoms with Crippen LogP contribution in [-0.2, 0) is 11.3 Å². The van der Waals surface area contributed by atoms with Crippen LogP contribution in [0.2, 0.25) is 0 Å². The van der Waals surface area contributed by atoms with Gasteiger partial charge in [-0.3, -0.25) is 0 Å². The number of nitrogens with one attached hydrogen (secondary N) is 1. The summed E-state index contributed by atoms with van der Waals surface area (Å²) < 4.78 is 6.97. The highest BCUT2D eigenvalue weighted by Crippen LogP contribution is 2.12. The van der Waals surface area contributed by atoms with Gasteiger partial charge < -0.3 is 10.1 Å². The number of halogens is 1. The largest absolute Gasteiger partial charge is 0.374 e. The minimum absolute atomic E-state index is 0.210. The quantitative estimate of drug-likeness (QED) is 0.743. The molecule has 0 aliphatic carbocycles. The second-order valence-corrected chi connectivity index (χ2v) is 6.98. The number of benzene rings is 1. The topological polar surface area (TPSA) is 21.3 Å². The van der Waals surface area contributed by atoms with E-state index in [2.05, 4.69) is 73.2 Å². The van der Waals surface area contributed by atoms with Crippen LogP contribution < -0.4 is 5.32 Å². The van der Waals surface area contributed by atoms with Gasteiger partial charge in [-0.1, -0.05) is 28.1 Å². The Labute approximate surface area is 126 Å². The number of hydrogen-bond acceptors (Lipinski definition) is 2. The van der Waals surface area contributed by atoms with Crippen LogP contribution in [0.15, 0.2) is 28.7 Å². The molecule has 1 unspecified atom stereocenters. The Balaban J connectivity index is 2.14. The minimum atomic E-state index is 0.210. The smallest absolute Gasteiger partial charge is 0.0720 e. The van der Waals surface area contributed by atoms with Crippen LogP contribution in [-0.4, -0.2) is 18.2 Å². The molecular weight excluding hydrogens is 302 g/mol. The molecule has 0 heterocycles. The predicted molar refractivity (Wildman–Crippen MR) is 85.4 cm³/mol. The third kappa shape index (κ3) is 8.40. The normalized spacial score (nSPS) is 13.5. The summed E-state index contributed by atoms with van der Waals surface area (Å²) in [7, 11) is 0. The van der Waals surface area contributed by atoms with Crippen LogP contribution in [0.1, 0.15) is 46.1 Å². The van der Waals surface area contributed by atoms with Crippen LogP contribution in [0.3, 0.4) is 0 Å². The molecule has 1 rings (SSSR count). The first-order chi connectivity index (χ1) is 8.87. The average molecular weight is 328 g/mol. The molecule has 0 saturated carbocycles. The van der Waals surface area contributed by atoms with Crippen molar-refractivity contribution in [3.05, 3.63) is 34.3 Å². The summed E-state index contributed by atoms with van der Waals surface area (Å²) in [5.74, 6) is 0. The Morgan fingerprint density at radius 2 is 1.84 bits per heavy atom. The molecule has 1 aromatic carbocycles. The third-order valence-electron chi connectivity index (χ3n) is 2.89. The molecule has 0 saturated heterocycles. The van der Waals surface area contributed by atoms with Crippen LogP contribution >= 0.6 is 15.9 Å². The fourth-order valence-corrected chi connectivity index (χ4v) is 2.02. The SMILES string of the molecule is CC(CCCNC(C)(C)C)OCc1ccc(Br)cc1. The minimum Gasteiger partial charge on any atom is -0.374 e. The summed E-state index contributed by atoms with van der Waals surface area (Å²) in [6.07, 6.45) is 2.56. The lowest BCUT2D eigenvalue weighted by molar-refractivity contribution is 0.0461. The van der Waals surface area contributed by atoms with E-state index in [9.17, 15) is 0 Å². The Hall–Kier alpha value is -0.380. The standard InChI is InChI=1S/C16H26BrNO/c1-13(6-5-11-18-16(2,3)4)19-12-14-7-9-15(17)10-8-14/h7-10,13,18H,5-6,11-12H2,1-4H3. The van der Waals surface area contributed by atoms with Crippen molar-refractivity contribution in [1.29, 1.82) is 0 Å². The van der Waals surface area contributed by atoms with Gasteiger partial charge in [0.1, 0.15) is 0 Å². The van der Waals surface area contributed by atoms with E-state index in [0.29, 0.717) is 12.7 Å². The molecule has 0 radical (unpaired) electrons. The maximum absolute atomic E-state index is 5.86. The van der Waals surface area contributed by atoms with Gasteiger partial charge in [0.2, 0.25) is 0 Å². The molecule has 108 valence electrons. The van der Waals surface area contributed by atoms with Crippen molar-refractivity contribution in [2.24, 2.45) is 0 Å². The summed E-state index contributed by atoms with van der Waals surface area (Å²) in [4.78, 5) is 0. The van der Waals surface area contributed by atoms with Gasteiger partial charge in [0.05, 0.1) is 12.7 Å². The molecule has 1 atom stereocenters. The second-order valence-electron chi connectivity index (χ2n) is 6.07. The molecule has 3 heteroatoms. The van der Waals surface area contributed by atoms with E-state index in [1.54, 1.807) is 0 Å². The van der Waals surface area contributed by atoms with Gasteiger partial charge in [-0.2, -0.15) is 0 Å². The average Bonchev–Trinajstić information content (AvgIpc) is 2.33. The van der Waals surface area contributed by atoms with E-state index in [0.717, 1.165) is 23.9 Å². The molecule has 0 bridgehead atoms. The van der Waals surface area contributed by atoms with E-state index in [1.165, 1.54) is 5.56 Å². The summed E-state index contributed by atoms with van der Waals surface area (Å²) >= 11 is 3.44. The predicted octanol–water partition coefficient (Wildman–Crippen LogP) is 4.52. The second kappa shape index (κ2) is 8.03. The van der Waals surface area contributed by atoms with Gasteiger partial charge in [-0.25, -0.2) is 0 Å². The molecule has 0 aliphatic rings.